The Morgan fingerprint density at radius 2 is 1.61 bits per heavy atom. The third-order valence-electron chi connectivity index (χ3n) is 4.13. The number of hydrogen-bond donors (Lipinski definition) is 0. The molecule has 0 saturated heterocycles. The van der Waals surface area contributed by atoms with Gasteiger partial charge >= 0.3 is 0 Å². The smallest absolute Gasteiger partial charge is 0.261 e. The van der Waals surface area contributed by atoms with Gasteiger partial charge in [-0.2, -0.15) is 0 Å². The minimum absolute atomic E-state index is 0.324. The van der Waals surface area contributed by atoms with Crippen LogP contribution in [0.25, 0.3) is 0 Å². The summed E-state index contributed by atoms with van der Waals surface area (Å²) in [4.78, 5) is 0. The van der Waals surface area contributed by atoms with Gasteiger partial charge in [0.25, 0.3) is 7.37 Å². The Kier molecular flexibility index (Phi) is 4.80. The fraction of sp³-hybridized carbons (Fsp3) is 0.556. The predicted octanol–water partition coefficient (Wildman–Crippen LogP) is 5.66. The van der Waals surface area contributed by atoms with Crippen molar-refractivity contribution in [3.05, 3.63) is 40.1 Å². The second kappa shape index (κ2) is 5.84. The molecule has 0 radical (unpaired) electrons. The second-order valence-corrected chi connectivity index (χ2v) is 11.0. The van der Waals surface area contributed by atoms with Crippen LogP contribution in [0.5, 0.6) is 0 Å². The number of allylic oxidation sites excluding steroid dienone is 1. The lowest BCUT2D eigenvalue weighted by molar-refractivity contribution is -0.185. The molecule has 2 rings (SSSR count). The molecule has 1 aromatic carbocycles. The van der Waals surface area contributed by atoms with Crippen LogP contribution in [0.2, 0.25) is 0 Å². The summed E-state index contributed by atoms with van der Waals surface area (Å²) in [6.45, 7) is 12.2. The molecule has 0 N–H and O–H groups in total. The van der Waals surface area contributed by atoms with Gasteiger partial charge in [0.05, 0.1) is 4.48 Å². The average molecular weight is 401 g/mol. The molecule has 0 spiro atoms. The molecular formula is C18H26BrO3P. The van der Waals surface area contributed by atoms with E-state index in [0.29, 0.717) is 5.30 Å². The molecular weight excluding hydrogens is 375 g/mol. The highest BCUT2D eigenvalue weighted by atomic mass is 79.9. The van der Waals surface area contributed by atoms with Crippen LogP contribution in [0.4, 0.5) is 0 Å². The van der Waals surface area contributed by atoms with Crippen LogP contribution in [-0.2, 0) is 13.8 Å². The summed E-state index contributed by atoms with van der Waals surface area (Å²) in [5, 5.41) is 1.48. The molecule has 0 fully saturated rings. The number of benzene rings is 1. The number of rotatable bonds is 2. The van der Waals surface area contributed by atoms with Crippen molar-refractivity contribution in [1.29, 1.82) is 0 Å². The molecule has 1 aliphatic rings. The molecule has 0 bridgehead atoms. The molecule has 128 valence electrons. The summed E-state index contributed by atoms with van der Waals surface area (Å²) in [5.41, 5.74) is -0.715. The first-order chi connectivity index (χ1) is 10.4. The molecule has 0 aliphatic carbocycles. The summed E-state index contributed by atoms with van der Waals surface area (Å²) in [5.74, 6) is -1.07. The molecule has 2 atom stereocenters. The second-order valence-electron chi connectivity index (χ2n) is 7.96. The van der Waals surface area contributed by atoms with E-state index in [1.165, 1.54) is 0 Å². The molecule has 1 aromatic rings. The van der Waals surface area contributed by atoms with E-state index >= 15 is 0 Å². The van der Waals surface area contributed by atoms with Gasteiger partial charge in [-0.25, -0.2) is 0 Å². The van der Waals surface area contributed by atoms with Crippen molar-refractivity contribution in [2.75, 3.05) is 7.11 Å². The zero-order chi connectivity index (χ0) is 17.7. The van der Waals surface area contributed by atoms with Crippen molar-refractivity contribution < 1.29 is 13.8 Å². The van der Waals surface area contributed by atoms with E-state index in [4.69, 9.17) is 9.26 Å². The van der Waals surface area contributed by atoms with Crippen LogP contribution in [0.1, 0.15) is 41.5 Å². The third kappa shape index (κ3) is 2.89. The Balaban J connectivity index is 2.80. The predicted molar refractivity (Wildman–Crippen MR) is 99.4 cm³/mol. The van der Waals surface area contributed by atoms with Crippen LogP contribution in [0, 0.1) is 10.8 Å². The molecule has 0 amide bonds. The van der Waals surface area contributed by atoms with Gasteiger partial charge in [-0.1, -0.05) is 59.7 Å². The summed E-state index contributed by atoms with van der Waals surface area (Å²) < 4.78 is 26.9. The highest BCUT2D eigenvalue weighted by Crippen LogP contribution is 2.73. The minimum atomic E-state index is -3.24. The van der Waals surface area contributed by atoms with Crippen molar-refractivity contribution in [2.45, 2.75) is 47.3 Å². The van der Waals surface area contributed by atoms with Crippen molar-refractivity contribution in [3.63, 3.8) is 0 Å². The molecule has 1 aliphatic heterocycles. The zero-order valence-electron chi connectivity index (χ0n) is 14.9. The largest absolute Gasteiger partial charge is 0.348 e. The molecule has 1 heterocycles. The van der Waals surface area contributed by atoms with Gasteiger partial charge in [0, 0.05) is 23.1 Å². The summed E-state index contributed by atoms with van der Waals surface area (Å²) in [6.07, 6.45) is 0. The fourth-order valence-corrected chi connectivity index (χ4v) is 8.40. The van der Waals surface area contributed by atoms with Gasteiger partial charge in [0.15, 0.2) is 0 Å². The summed E-state index contributed by atoms with van der Waals surface area (Å²) >= 11 is 3.69. The Bertz CT molecular complexity index is 668. The Morgan fingerprint density at radius 3 is 2.00 bits per heavy atom. The normalized spacial score (nSPS) is 29.2. The van der Waals surface area contributed by atoms with E-state index < -0.39 is 18.6 Å². The van der Waals surface area contributed by atoms with Crippen LogP contribution < -0.4 is 5.30 Å². The SMILES string of the molecule is CO[C@@]1(C(C)(C)C)O[P@](=O)(c2ccccc2)C(C(C)(C)C)=C1Br. The quantitative estimate of drug-likeness (QED) is 0.600. The first-order valence-electron chi connectivity index (χ1n) is 7.73. The monoisotopic (exact) mass is 400 g/mol. The summed E-state index contributed by atoms with van der Waals surface area (Å²) in [7, 11) is -1.63. The zero-order valence-corrected chi connectivity index (χ0v) is 17.4. The van der Waals surface area contributed by atoms with Crippen LogP contribution in [0.15, 0.2) is 40.1 Å². The van der Waals surface area contributed by atoms with E-state index in [1.54, 1.807) is 7.11 Å². The summed E-state index contributed by atoms with van der Waals surface area (Å²) in [6, 6.07) is 9.41. The van der Waals surface area contributed by atoms with Crippen molar-refractivity contribution in [3.8, 4) is 0 Å². The Morgan fingerprint density at radius 1 is 1.09 bits per heavy atom. The number of methoxy groups -OCH3 is 1. The maximum absolute atomic E-state index is 14.0. The topological polar surface area (TPSA) is 35.5 Å². The maximum Gasteiger partial charge on any atom is 0.261 e. The van der Waals surface area contributed by atoms with E-state index in [1.807, 2.05) is 51.1 Å². The fourth-order valence-electron chi connectivity index (χ4n) is 3.03. The first kappa shape index (κ1) is 18.9. The van der Waals surface area contributed by atoms with Crippen molar-refractivity contribution in [1.82, 2.24) is 0 Å². The lowest BCUT2D eigenvalue weighted by Crippen LogP contribution is -2.45. The van der Waals surface area contributed by atoms with Crippen molar-refractivity contribution >= 4 is 28.6 Å². The van der Waals surface area contributed by atoms with E-state index in [0.717, 1.165) is 9.80 Å². The van der Waals surface area contributed by atoms with Crippen LogP contribution in [-0.4, -0.2) is 12.9 Å². The van der Waals surface area contributed by atoms with Crippen molar-refractivity contribution in [2.24, 2.45) is 10.8 Å². The molecule has 0 saturated carbocycles. The lowest BCUT2D eigenvalue weighted by Gasteiger charge is -2.40. The number of ether oxygens (including phenoxy) is 1. The maximum atomic E-state index is 14.0. The Labute approximate surface area is 148 Å². The van der Waals surface area contributed by atoms with Gasteiger partial charge < -0.3 is 4.74 Å². The molecule has 0 unspecified atom stereocenters. The number of halogens is 1. The number of hydrogen-bond acceptors (Lipinski definition) is 3. The van der Waals surface area contributed by atoms with Gasteiger partial charge in [0.2, 0.25) is 5.79 Å². The molecule has 5 heteroatoms. The molecule has 0 aromatic heterocycles. The standard InChI is InChI=1S/C18H26BrO3P/c1-16(2,3)15-14(19)18(21-7,17(4,5)6)22-23(15,20)13-11-9-8-10-12-13/h8-12H,1-7H3/t18-,23-/m1/s1. The average Bonchev–Trinajstić information content (AvgIpc) is 2.68. The third-order valence-corrected chi connectivity index (χ3v) is 8.33. The van der Waals surface area contributed by atoms with E-state index in [2.05, 4.69) is 36.7 Å². The van der Waals surface area contributed by atoms with E-state index in [9.17, 15) is 4.57 Å². The van der Waals surface area contributed by atoms with Gasteiger partial charge in [-0.15, -0.1) is 0 Å². The minimum Gasteiger partial charge on any atom is -0.348 e. The van der Waals surface area contributed by atoms with Gasteiger partial charge in [-0.05, 0) is 33.5 Å². The first-order valence-corrected chi connectivity index (χ1v) is 10.1. The lowest BCUT2D eigenvalue weighted by atomic mass is 9.83. The highest BCUT2D eigenvalue weighted by molar-refractivity contribution is 9.11. The van der Waals surface area contributed by atoms with E-state index in [-0.39, 0.29) is 5.41 Å². The highest BCUT2D eigenvalue weighted by Gasteiger charge is 2.61. The van der Waals surface area contributed by atoms with Crippen LogP contribution in [0.3, 0.4) is 0 Å². The van der Waals surface area contributed by atoms with Gasteiger partial charge in [0.1, 0.15) is 0 Å². The molecule has 23 heavy (non-hydrogen) atoms. The Hall–Kier alpha value is -0.410. The van der Waals surface area contributed by atoms with Crippen LogP contribution >= 0.6 is 23.3 Å². The molecule has 3 nitrogen and oxygen atoms in total. The van der Waals surface area contributed by atoms with Gasteiger partial charge in [-0.3, -0.25) is 9.09 Å².